The molecule has 0 aromatic rings. The molecule has 0 saturated carbocycles. The zero-order valence-electron chi connectivity index (χ0n) is 45.5. The number of ether oxygens (including phenoxy) is 3. The van der Waals surface area contributed by atoms with Crippen LogP contribution in [0, 0.1) is 0 Å². The van der Waals surface area contributed by atoms with Gasteiger partial charge in [0.25, 0.3) is 0 Å². The molecule has 67 heavy (non-hydrogen) atoms. The highest BCUT2D eigenvalue weighted by atomic mass is 16.6. The average Bonchev–Trinajstić information content (AvgIpc) is 3.33. The third-order valence-electron chi connectivity index (χ3n) is 13.8. The monoisotopic (exact) mass is 945 g/mol. The summed E-state index contributed by atoms with van der Waals surface area (Å²) in [6.45, 7) is 6.69. The predicted octanol–water partition coefficient (Wildman–Crippen LogP) is 20.1. The highest BCUT2D eigenvalue weighted by Gasteiger charge is 2.19. The number of carbonyl (C=O) groups is 3. The molecule has 0 aromatic carbocycles. The quantitative estimate of drug-likeness (QED) is 0.0262. The number of esters is 3. The lowest BCUT2D eigenvalue weighted by Gasteiger charge is -2.18. The fraction of sp³-hybridized carbons (Fsp3) is 0.918. The van der Waals surface area contributed by atoms with Gasteiger partial charge < -0.3 is 14.2 Å². The first-order valence-corrected chi connectivity index (χ1v) is 30.2. The van der Waals surface area contributed by atoms with Crippen molar-refractivity contribution in [2.24, 2.45) is 0 Å². The van der Waals surface area contributed by atoms with Crippen LogP contribution >= 0.6 is 0 Å². The van der Waals surface area contributed by atoms with E-state index in [1.165, 1.54) is 244 Å². The van der Waals surface area contributed by atoms with E-state index in [9.17, 15) is 14.4 Å². The van der Waals surface area contributed by atoms with Gasteiger partial charge in [0.2, 0.25) is 0 Å². The standard InChI is InChI=1S/C61H116O6/c1-4-7-10-13-16-19-22-25-28-30-33-35-38-41-44-47-50-53-59(62)65-56-58(67-61(64)55-52-49-46-43-40-37-32-27-24-21-18-15-12-9-6-3)57-66-60(63)54-51-48-45-42-39-36-34-31-29-26-23-20-17-14-11-8-5-2/h21,24,58H,4-20,22-23,25-57H2,1-3H3/b24-21-. The molecule has 0 atom stereocenters. The zero-order valence-corrected chi connectivity index (χ0v) is 45.5. The van der Waals surface area contributed by atoms with Crippen LogP contribution in [0.5, 0.6) is 0 Å². The first-order valence-electron chi connectivity index (χ1n) is 30.2. The van der Waals surface area contributed by atoms with E-state index in [-0.39, 0.29) is 31.1 Å². The van der Waals surface area contributed by atoms with Crippen LogP contribution in [-0.2, 0) is 28.6 Å². The van der Waals surface area contributed by atoms with E-state index in [4.69, 9.17) is 14.2 Å². The highest BCUT2D eigenvalue weighted by Crippen LogP contribution is 2.18. The van der Waals surface area contributed by atoms with Gasteiger partial charge in [-0.25, -0.2) is 0 Å². The van der Waals surface area contributed by atoms with Crippen LogP contribution in [0.3, 0.4) is 0 Å². The minimum absolute atomic E-state index is 0.0655. The minimum Gasteiger partial charge on any atom is -0.462 e. The summed E-state index contributed by atoms with van der Waals surface area (Å²) in [5, 5.41) is 0. The van der Waals surface area contributed by atoms with E-state index in [2.05, 4.69) is 32.9 Å². The Morgan fingerprint density at radius 1 is 0.284 bits per heavy atom. The van der Waals surface area contributed by atoms with Gasteiger partial charge >= 0.3 is 17.9 Å². The lowest BCUT2D eigenvalue weighted by atomic mass is 10.0. The lowest BCUT2D eigenvalue weighted by Crippen LogP contribution is -2.30. The van der Waals surface area contributed by atoms with Crippen molar-refractivity contribution in [3.63, 3.8) is 0 Å². The third kappa shape index (κ3) is 55.0. The maximum Gasteiger partial charge on any atom is 0.306 e. The molecule has 0 spiro atoms. The van der Waals surface area contributed by atoms with Gasteiger partial charge in [0.05, 0.1) is 0 Å². The number of carbonyl (C=O) groups excluding carboxylic acids is 3. The maximum absolute atomic E-state index is 12.9. The summed E-state index contributed by atoms with van der Waals surface area (Å²) >= 11 is 0. The van der Waals surface area contributed by atoms with Crippen molar-refractivity contribution in [2.45, 2.75) is 348 Å². The third-order valence-corrected chi connectivity index (χ3v) is 13.8. The first kappa shape index (κ1) is 65.1. The maximum atomic E-state index is 12.9. The molecule has 0 aliphatic heterocycles. The molecule has 0 amide bonds. The molecule has 0 fully saturated rings. The van der Waals surface area contributed by atoms with Crippen molar-refractivity contribution >= 4 is 17.9 Å². The van der Waals surface area contributed by atoms with Crippen LogP contribution in [0.1, 0.15) is 342 Å². The number of allylic oxidation sites excluding steroid dienone is 2. The summed E-state index contributed by atoms with van der Waals surface area (Å²) < 4.78 is 16.9. The van der Waals surface area contributed by atoms with Crippen molar-refractivity contribution < 1.29 is 28.6 Å². The van der Waals surface area contributed by atoms with E-state index in [1.807, 2.05) is 0 Å². The zero-order chi connectivity index (χ0) is 48.6. The Morgan fingerprint density at radius 3 is 0.761 bits per heavy atom. The Balaban J connectivity index is 4.30. The SMILES string of the molecule is CCCCCC/C=C\CCCCCCCCCC(=O)OC(COC(=O)CCCCCCCCCCCCCCCCCCC)COC(=O)CCCCCCCCCCCCCCCCCCC. The summed E-state index contributed by atoms with van der Waals surface area (Å²) in [5.41, 5.74) is 0. The molecular weight excluding hydrogens is 829 g/mol. The van der Waals surface area contributed by atoms with Crippen LogP contribution in [-0.4, -0.2) is 37.2 Å². The summed E-state index contributed by atoms with van der Waals surface area (Å²) in [7, 11) is 0. The summed E-state index contributed by atoms with van der Waals surface area (Å²) in [4.78, 5) is 38.2. The molecule has 0 aliphatic carbocycles. The van der Waals surface area contributed by atoms with Crippen molar-refractivity contribution in [1.82, 2.24) is 0 Å². The Hall–Kier alpha value is -1.85. The molecule has 0 rings (SSSR count). The summed E-state index contributed by atoms with van der Waals surface area (Å²) in [5.74, 6) is -0.842. The van der Waals surface area contributed by atoms with Gasteiger partial charge in [-0.15, -0.1) is 0 Å². The second-order valence-corrected chi connectivity index (χ2v) is 20.6. The first-order chi connectivity index (χ1) is 33.0. The molecule has 6 nitrogen and oxygen atoms in total. The number of unbranched alkanes of at least 4 members (excludes halogenated alkanes) is 43. The van der Waals surface area contributed by atoms with E-state index >= 15 is 0 Å². The number of rotatable bonds is 56. The molecule has 0 aliphatic rings. The van der Waals surface area contributed by atoms with Crippen LogP contribution < -0.4 is 0 Å². The van der Waals surface area contributed by atoms with E-state index in [0.717, 1.165) is 57.8 Å². The van der Waals surface area contributed by atoms with Crippen LogP contribution in [0.15, 0.2) is 12.2 Å². The molecule has 0 aromatic heterocycles. The van der Waals surface area contributed by atoms with Crippen LogP contribution in [0.4, 0.5) is 0 Å². The molecule has 0 heterocycles. The van der Waals surface area contributed by atoms with Gasteiger partial charge in [-0.2, -0.15) is 0 Å². The molecule has 0 saturated heterocycles. The van der Waals surface area contributed by atoms with Gasteiger partial charge in [0, 0.05) is 19.3 Å². The fourth-order valence-electron chi connectivity index (χ4n) is 9.21. The fourth-order valence-corrected chi connectivity index (χ4v) is 9.21. The number of hydrogen-bond acceptors (Lipinski definition) is 6. The highest BCUT2D eigenvalue weighted by molar-refractivity contribution is 5.71. The normalized spacial score (nSPS) is 11.6. The van der Waals surface area contributed by atoms with Crippen molar-refractivity contribution in [3.8, 4) is 0 Å². The lowest BCUT2D eigenvalue weighted by molar-refractivity contribution is -0.167. The smallest absolute Gasteiger partial charge is 0.306 e. The van der Waals surface area contributed by atoms with E-state index < -0.39 is 6.10 Å². The minimum atomic E-state index is -0.767. The molecule has 0 unspecified atom stereocenters. The van der Waals surface area contributed by atoms with E-state index in [1.54, 1.807) is 0 Å². The molecule has 396 valence electrons. The number of hydrogen-bond donors (Lipinski definition) is 0. The Labute approximate surface area is 418 Å². The Bertz CT molecular complexity index is 986. The molecule has 0 N–H and O–H groups in total. The topological polar surface area (TPSA) is 78.9 Å². The van der Waals surface area contributed by atoms with Gasteiger partial charge in [-0.05, 0) is 44.9 Å². The molecule has 0 radical (unpaired) electrons. The molecule has 6 heteroatoms. The van der Waals surface area contributed by atoms with Crippen LogP contribution in [0.2, 0.25) is 0 Å². The van der Waals surface area contributed by atoms with Crippen molar-refractivity contribution in [2.75, 3.05) is 13.2 Å². The molecular formula is C61H116O6. The van der Waals surface area contributed by atoms with Gasteiger partial charge in [0.15, 0.2) is 6.10 Å². The van der Waals surface area contributed by atoms with Crippen LogP contribution in [0.25, 0.3) is 0 Å². The van der Waals surface area contributed by atoms with Crippen molar-refractivity contribution in [3.05, 3.63) is 12.2 Å². The average molecular weight is 946 g/mol. The predicted molar refractivity (Wildman–Crippen MR) is 289 cm³/mol. The van der Waals surface area contributed by atoms with Gasteiger partial charge in [-0.1, -0.05) is 290 Å². The molecule has 0 bridgehead atoms. The second-order valence-electron chi connectivity index (χ2n) is 20.6. The van der Waals surface area contributed by atoms with E-state index in [0.29, 0.717) is 19.3 Å². The second kappa shape index (κ2) is 56.7. The van der Waals surface area contributed by atoms with Gasteiger partial charge in [0.1, 0.15) is 13.2 Å². The Morgan fingerprint density at radius 2 is 0.493 bits per heavy atom. The summed E-state index contributed by atoms with van der Waals surface area (Å²) in [6, 6.07) is 0. The largest absolute Gasteiger partial charge is 0.462 e. The van der Waals surface area contributed by atoms with Crippen molar-refractivity contribution in [1.29, 1.82) is 0 Å². The summed E-state index contributed by atoms with van der Waals surface area (Å²) in [6.07, 6.45) is 64.9. The Kier molecular flexibility index (Phi) is 55.2. The van der Waals surface area contributed by atoms with Gasteiger partial charge in [-0.3, -0.25) is 14.4 Å².